The molecule has 1 aliphatic carbocycles. The van der Waals surface area contributed by atoms with E-state index >= 15 is 0 Å². The summed E-state index contributed by atoms with van der Waals surface area (Å²) in [6.07, 6.45) is 8.19. The Morgan fingerprint density at radius 1 is 1.03 bits per heavy atom. The Bertz CT molecular complexity index is 928. The third-order valence-corrected chi connectivity index (χ3v) is 5.51. The number of allylic oxidation sites excluding steroid dienone is 6. The second-order valence-corrected chi connectivity index (χ2v) is 8.36. The van der Waals surface area contributed by atoms with E-state index in [1.165, 1.54) is 12.1 Å². The molecule has 0 heterocycles. The van der Waals surface area contributed by atoms with Crippen LogP contribution < -0.4 is 4.74 Å². The lowest BCUT2D eigenvalue weighted by molar-refractivity contribution is 0.317. The third-order valence-electron chi connectivity index (χ3n) is 5.51. The van der Waals surface area contributed by atoms with E-state index in [1.807, 2.05) is 0 Å². The molecular weight excluding hydrogens is 397 g/mol. The molecule has 0 atom stereocenters. The number of benzene rings is 1. The summed E-state index contributed by atoms with van der Waals surface area (Å²) in [7, 11) is 0. The first-order chi connectivity index (χ1) is 14.6. The average molecular weight is 429 g/mol. The standard InChI is InChI=1S/C27H31F3O/c1-17(2)15-24(28)21(6)20(5)10-7-19(4)16-31-25-14-13-23(26(29)27(25)30)22-11-8-18(3)9-12-22/h7,10,13-15,18,22H,1,4-6,8-9,11-12,16H2,2-3H3/b10-7-,24-15+. The molecular formula is C27H31F3O. The van der Waals surface area contributed by atoms with Gasteiger partial charge in [-0.3, -0.25) is 0 Å². The summed E-state index contributed by atoms with van der Waals surface area (Å²) in [5.41, 5.74) is 1.97. The van der Waals surface area contributed by atoms with Crippen molar-refractivity contribution in [2.24, 2.45) is 5.92 Å². The van der Waals surface area contributed by atoms with E-state index in [2.05, 4.69) is 33.2 Å². The molecule has 1 aliphatic rings. The van der Waals surface area contributed by atoms with Gasteiger partial charge in [-0.2, -0.15) is 4.39 Å². The van der Waals surface area contributed by atoms with Gasteiger partial charge in [-0.05, 0) is 60.5 Å². The third kappa shape index (κ3) is 6.88. The fourth-order valence-electron chi connectivity index (χ4n) is 3.54. The van der Waals surface area contributed by atoms with Gasteiger partial charge in [0.1, 0.15) is 12.4 Å². The number of rotatable bonds is 9. The predicted molar refractivity (Wildman–Crippen MR) is 123 cm³/mol. The first-order valence-electron chi connectivity index (χ1n) is 10.5. The van der Waals surface area contributed by atoms with Crippen LogP contribution in [-0.4, -0.2) is 6.61 Å². The van der Waals surface area contributed by atoms with Crippen LogP contribution in [0.2, 0.25) is 0 Å². The summed E-state index contributed by atoms with van der Waals surface area (Å²) in [6, 6.07) is 3.09. The Labute approximate surface area is 184 Å². The van der Waals surface area contributed by atoms with Crippen molar-refractivity contribution in [3.05, 3.63) is 102 Å². The molecule has 0 amide bonds. The van der Waals surface area contributed by atoms with E-state index in [0.29, 0.717) is 28.2 Å². The number of ether oxygens (including phenoxy) is 1. The van der Waals surface area contributed by atoms with Gasteiger partial charge in [-0.25, -0.2) is 8.78 Å². The van der Waals surface area contributed by atoms with E-state index in [-0.39, 0.29) is 23.8 Å². The minimum atomic E-state index is -0.974. The molecule has 1 aromatic rings. The van der Waals surface area contributed by atoms with Crippen LogP contribution in [0.25, 0.3) is 0 Å². The second-order valence-electron chi connectivity index (χ2n) is 8.36. The molecule has 166 valence electrons. The van der Waals surface area contributed by atoms with Crippen LogP contribution in [0.5, 0.6) is 5.75 Å². The Hall–Kier alpha value is -2.75. The largest absolute Gasteiger partial charge is 0.486 e. The minimum Gasteiger partial charge on any atom is -0.486 e. The van der Waals surface area contributed by atoms with Gasteiger partial charge in [-0.15, -0.1) is 0 Å². The monoisotopic (exact) mass is 428 g/mol. The maximum Gasteiger partial charge on any atom is 0.200 e. The highest BCUT2D eigenvalue weighted by Gasteiger charge is 2.25. The molecule has 0 radical (unpaired) electrons. The number of hydrogen-bond acceptors (Lipinski definition) is 1. The Morgan fingerprint density at radius 2 is 1.68 bits per heavy atom. The van der Waals surface area contributed by atoms with Crippen LogP contribution in [0, 0.1) is 17.6 Å². The molecule has 2 rings (SSSR count). The molecule has 0 spiro atoms. The van der Waals surface area contributed by atoms with E-state index in [1.54, 1.807) is 25.1 Å². The predicted octanol–water partition coefficient (Wildman–Crippen LogP) is 8.29. The lowest BCUT2D eigenvalue weighted by atomic mass is 9.79. The second kappa shape index (κ2) is 11.0. The normalized spacial score (nSPS) is 19.3. The van der Waals surface area contributed by atoms with E-state index in [9.17, 15) is 13.2 Å². The summed E-state index contributed by atoms with van der Waals surface area (Å²) >= 11 is 0. The van der Waals surface area contributed by atoms with Crippen LogP contribution in [0.15, 0.2) is 84.8 Å². The molecule has 1 saturated carbocycles. The van der Waals surface area contributed by atoms with Crippen LogP contribution in [0.3, 0.4) is 0 Å². The van der Waals surface area contributed by atoms with Gasteiger partial charge in [0.25, 0.3) is 0 Å². The van der Waals surface area contributed by atoms with Gasteiger partial charge in [0.2, 0.25) is 5.82 Å². The first kappa shape index (κ1) is 24.5. The van der Waals surface area contributed by atoms with Crippen molar-refractivity contribution in [3.8, 4) is 5.75 Å². The van der Waals surface area contributed by atoms with Crippen LogP contribution in [-0.2, 0) is 0 Å². The van der Waals surface area contributed by atoms with E-state index in [4.69, 9.17) is 4.74 Å². The molecule has 0 N–H and O–H groups in total. The molecule has 1 fully saturated rings. The molecule has 1 aromatic carbocycles. The van der Waals surface area contributed by atoms with E-state index in [0.717, 1.165) is 25.7 Å². The Morgan fingerprint density at radius 3 is 2.29 bits per heavy atom. The summed E-state index contributed by atoms with van der Waals surface area (Å²) < 4.78 is 48.5. The number of halogens is 3. The van der Waals surface area contributed by atoms with Gasteiger partial charge in [0.15, 0.2) is 11.6 Å². The Kier molecular flexibility index (Phi) is 8.73. The van der Waals surface area contributed by atoms with Crippen LogP contribution in [0.1, 0.15) is 51.0 Å². The SMILES string of the molecule is C=C(C)/C=C(/F)C(=C)C(=C)/C=C\C(=C)COc1ccc(C2CCC(C)CC2)c(F)c1F. The summed E-state index contributed by atoms with van der Waals surface area (Å²) in [4.78, 5) is 0. The molecule has 4 heteroatoms. The lowest BCUT2D eigenvalue weighted by Crippen LogP contribution is -2.13. The molecule has 0 unspecified atom stereocenters. The quantitative estimate of drug-likeness (QED) is 0.360. The van der Waals surface area contributed by atoms with Gasteiger partial charge >= 0.3 is 0 Å². The van der Waals surface area contributed by atoms with Gasteiger partial charge < -0.3 is 4.74 Å². The van der Waals surface area contributed by atoms with Crippen molar-refractivity contribution >= 4 is 0 Å². The summed E-state index contributed by atoms with van der Waals surface area (Å²) in [5.74, 6) is -1.79. The molecule has 0 saturated heterocycles. The van der Waals surface area contributed by atoms with Crippen molar-refractivity contribution in [1.82, 2.24) is 0 Å². The number of hydrogen-bond donors (Lipinski definition) is 0. The lowest BCUT2D eigenvalue weighted by Gasteiger charge is -2.27. The Balaban J connectivity index is 1.96. The van der Waals surface area contributed by atoms with Crippen molar-refractivity contribution in [1.29, 1.82) is 0 Å². The molecule has 31 heavy (non-hydrogen) atoms. The molecule has 1 nitrogen and oxygen atoms in total. The summed E-state index contributed by atoms with van der Waals surface area (Å²) in [6.45, 7) is 18.7. The maximum absolute atomic E-state index is 14.6. The van der Waals surface area contributed by atoms with Crippen molar-refractivity contribution in [3.63, 3.8) is 0 Å². The van der Waals surface area contributed by atoms with Crippen molar-refractivity contribution in [2.45, 2.75) is 45.4 Å². The highest BCUT2D eigenvalue weighted by Crippen LogP contribution is 2.38. The van der Waals surface area contributed by atoms with Gasteiger partial charge in [-0.1, -0.05) is 69.9 Å². The zero-order valence-corrected chi connectivity index (χ0v) is 18.4. The van der Waals surface area contributed by atoms with Crippen LogP contribution in [0.4, 0.5) is 13.2 Å². The summed E-state index contributed by atoms with van der Waals surface area (Å²) in [5, 5.41) is 0. The van der Waals surface area contributed by atoms with Gasteiger partial charge in [0, 0.05) is 5.57 Å². The van der Waals surface area contributed by atoms with Crippen molar-refractivity contribution in [2.75, 3.05) is 6.61 Å². The maximum atomic E-state index is 14.6. The fraction of sp³-hybridized carbons (Fsp3) is 0.333. The fourth-order valence-corrected chi connectivity index (χ4v) is 3.54. The highest BCUT2D eigenvalue weighted by atomic mass is 19.2. The smallest absolute Gasteiger partial charge is 0.200 e. The molecule has 0 bridgehead atoms. The molecule has 0 aromatic heterocycles. The van der Waals surface area contributed by atoms with Crippen LogP contribution >= 0.6 is 0 Å². The first-order valence-corrected chi connectivity index (χ1v) is 10.5. The zero-order valence-electron chi connectivity index (χ0n) is 18.4. The van der Waals surface area contributed by atoms with Gasteiger partial charge in [0.05, 0.1) is 0 Å². The zero-order chi connectivity index (χ0) is 23.1. The minimum absolute atomic E-state index is 0.0446. The topological polar surface area (TPSA) is 9.23 Å². The average Bonchev–Trinajstić information content (AvgIpc) is 2.72. The van der Waals surface area contributed by atoms with E-state index < -0.39 is 17.5 Å². The molecule has 0 aliphatic heterocycles. The highest BCUT2D eigenvalue weighted by molar-refractivity contribution is 5.48. The van der Waals surface area contributed by atoms with Crippen molar-refractivity contribution < 1.29 is 17.9 Å².